The van der Waals surface area contributed by atoms with Crippen LogP contribution in [0.3, 0.4) is 0 Å². The van der Waals surface area contributed by atoms with E-state index in [1.54, 1.807) is 0 Å². The third-order valence-corrected chi connectivity index (χ3v) is 3.85. The molecule has 1 aromatic carbocycles. The number of nitrogens with one attached hydrogen (secondary N) is 1. The minimum Gasteiger partial charge on any atom is -0.366 e. The van der Waals surface area contributed by atoms with Gasteiger partial charge in [-0.3, -0.25) is 0 Å². The Hall–Kier alpha value is -1.90. The third kappa shape index (κ3) is 2.82. The summed E-state index contributed by atoms with van der Waals surface area (Å²) in [4.78, 5) is 9.39. The van der Waals surface area contributed by atoms with Gasteiger partial charge in [0.15, 0.2) is 0 Å². The number of benzene rings is 1. The number of aromatic nitrogens is 2. The van der Waals surface area contributed by atoms with Crippen LogP contribution < -0.4 is 5.32 Å². The summed E-state index contributed by atoms with van der Waals surface area (Å²) in [6.45, 7) is 2.94. The number of fused-ring (bicyclic) bond motifs is 1. The second-order valence-electron chi connectivity index (χ2n) is 5.31. The molecule has 0 bridgehead atoms. The Balaban J connectivity index is 1.84. The van der Waals surface area contributed by atoms with E-state index >= 15 is 0 Å². The molecule has 0 saturated heterocycles. The quantitative estimate of drug-likeness (QED) is 0.921. The van der Waals surface area contributed by atoms with Crippen LogP contribution in [0.25, 0.3) is 0 Å². The highest BCUT2D eigenvalue weighted by Crippen LogP contribution is 2.26. The smallest absolute Gasteiger partial charge is 0.133 e. The van der Waals surface area contributed by atoms with Crippen molar-refractivity contribution in [2.75, 3.05) is 5.32 Å². The molecule has 3 nitrogen and oxygen atoms in total. The fourth-order valence-electron chi connectivity index (χ4n) is 2.73. The van der Waals surface area contributed by atoms with Crippen LogP contribution in [0.2, 0.25) is 0 Å². The molecule has 1 heterocycles. The van der Waals surface area contributed by atoms with Crippen molar-refractivity contribution in [3.8, 4) is 0 Å². The minimum absolute atomic E-state index is 0.827. The van der Waals surface area contributed by atoms with E-state index in [-0.39, 0.29) is 0 Å². The molecule has 3 heteroatoms. The Kier molecular flexibility index (Phi) is 3.95. The van der Waals surface area contributed by atoms with Crippen molar-refractivity contribution < 1.29 is 0 Å². The van der Waals surface area contributed by atoms with E-state index in [9.17, 15) is 0 Å². The van der Waals surface area contributed by atoms with E-state index in [0.29, 0.717) is 0 Å². The Morgan fingerprint density at radius 3 is 2.65 bits per heavy atom. The molecule has 0 spiro atoms. The predicted molar refractivity (Wildman–Crippen MR) is 81.8 cm³/mol. The average molecular weight is 267 g/mol. The van der Waals surface area contributed by atoms with Gasteiger partial charge in [0.05, 0.1) is 0 Å². The summed E-state index contributed by atoms with van der Waals surface area (Å²) in [5.74, 6) is 2.01. The van der Waals surface area contributed by atoms with Crippen molar-refractivity contribution in [3.63, 3.8) is 0 Å². The molecule has 0 unspecified atom stereocenters. The summed E-state index contributed by atoms with van der Waals surface area (Å²) in [6, 6.07) is 10.5. The van der Waals surface area contributed by atoms with Crippen LogP contribution in [0, 0.1) is 0 Å². The Morgan fingerprint density at radius 2 is 1.85 bits per heavy atom. The van der Waals surface area contributed by atoms with Crippen LogP contribution in [0.15, 0.2) is 30.3 Å². The highest BCUT2D eigenvalue weighted by molar-refractivity contribution is 5.48. The number of anilines is 1. The summed E-state index contributed by atoms with van der Waals surface area (Å²) >= 11 is 0. The van der Waals surface area contributed by atoms with Crippen LogP contribution in [0.5, 0.6) is 0 Å². The van der Waals surface area contributed by atoms with Crippen LogP contribution in [0.4, 0.5) is 5.82 Å². The fraction of sp³-hybridized carbons (Fsp3) is 0.412. The van der Waals surface area contributed by atoms with E-state index in [4.69, 9.17) is 9.97 Å². The van der Waals surface area contributed by atoms with Gasteiger partial charge in [0.25, 0.3) is 0 Å². The molecule has 1 aromatic heterocycles. The van der Waals surface area contributed by atoms with Crippen molar-refractivity contribution >= 4 is 5.82 Å². The zero-order valence-electron chi connectivity index (χ0n) is 12.0. The molecule has 2 aromatic rings. The fourth-order valence-corrected chi connectivity index (χ4v) is 2.73. The van der Waals surface area contributed by atoms with Gasteiger partial charge in [0.1, 0.15) is 11.6 Å². The standard InChI is InChI=1S/C17H21N3/c1-2-16-19-15-11-7-6-10-14(15)17(20-16)18-12-13-8-4-3-5-9-13/h3-5,8-9H,2,6-7,10-12H2,1H3,(H,18,19,20). The first-order chi connectivity index (χ1) is 9.86. The number of aryl methyl sites for hydroxylation is 2. The van der Waals surface area contributed by atoms with Crippen LogP contribution >= 0.6 is 0 Å². The van der Waals surface area contributed by atoms with Crippen molar-refractivity contribution in [1.82, 2.24) is 9.97 Å². The van der Waals surface area contributed by atoms with Gasteiger partial charge < -0.3 is 5.32 Å². The predicted octanol–water partition coefficient (Wildman–Crippen LogP) is 3.53. The Morgan fingerprint density at radius 1 is 1.05 bits per heavy atom. The molecule has 20 heavy (non-hydrogen) atoms. The summed E-state index contributed by atoms with van der Waals surface area (Å²) < 4.78 is 0. The van der Waals surface area contributed by atoms with Crippen LogP contribution in [-0.4, -0.2) is 9.97 Å². The molecule has 0 saturated carbocycles. The Bertz CT molecular complexity index is 578. The first kappa shape index (κ1) is 13.1. The van der Waals surface area contributed by atoms with Crippen molar-refractivity contribution in [3.05, 3.63) is 53.0 Å². The molecule has 0 atom stereocenters. The normalized spacial score (nSPS) is 13.8. The lowest BCUT2D eigenvalue weighted by atomic mass is 9.96. The largest absolute Gasteiger partial charge is 0.366 e. The molecule has 1 aliphatic rings. The average Bonchev–Trinajstić information content (AvgIpc) is 2.53. The van der Waals surface area contributed by atoms with Gasteiger partial charge in [-0.15, -0.1) is 0 Å². The molecule has 0 amide bonds. The van der Waals surface area contributed by atoms with Gasteiger partial charge in [-0.05, 0) is 31.2 Å². The number of nitrogens with zero attached hydrogens (tertiary/aromatic N) is 2. The second-order valence-corrected chi connectivity index (χ2v) is 5.31. The summed E-state index contributed by atoms with van der Waals surface area (Å²) in [5.41, 5.74) is 3.89. The lowest BCUT2D eigenvalue weighted by Gasteiger charge is -2.19. The highest BCUT2D eigenvalue weighted by atomic mass is 15.0. The summed E-state index contributed by atoms with van der Waals surface area (Å²) in [7, 11) is 0. The van der Waals surface area contributed by atoms with Gasteiger partial charge in [-0.25, -0.2) is 9.97 Å². The Labute approximate surface area is 120 Å². The van der Waals surface area contributed by atoms with Gasteiger partial charge in [-0.1, -0.05) is 37.3 Å². The molecule has 0 fully saturated rings. The first-order valence-electron chi connectivity index (χ1n) is 7.53. The van der Waals surface area contributed by atoms with Gasteiger partial charge in [0.2, 0.25) is 0 Å². The lowest BCUT2D eigenvalue weighted by Crippen LogP contribution is -2.14. The molecule has 1 N–H and O–H groups in total. The molecule has 0 aliphatic heterocycles. The highest BCUT2D eigenvalue weighted by Gasteiger charge is 2.17. The zero-order valence-corrected chi connectivity index (χ0v) is 12.0. The maximum Gasteiger partial charge on any atom is 0.133 e. The molecular formula is C17H21N3. The first-order valence-corrected chi connectivity index (χ1v) is 7.53. The topological polar surface area (TPSA) is 37.8 Å². The molecule has 3 rings (SSSR count). The van der Waals surface area contributed by atoms with Gasteiger partial charge >= 0.3 is 0 Å². The maximum atomic E-state index is 4.70. The SMILES string of the molecule is CCc1nc2c(c(NCc3ccccc3)n1)CCCC2. The summed E-state index contributed by atoms with van der Waals surface area (Å²) in [6.07, 6.45) is 5.61. The number of hydrogen-bond donors (Lipinski definition) is 1. The van der Waals surface area contributed by atoms with Crippen LogP contribution in [0.1, 0.15) is 42.4 Å². The van der Waals surface area contributed by atoms with Crippen LogP contribution in [-0.2, 0) is 25.8 Å². The van der Waals surface area contributed by atoms with E-state index in [2.05, 4.69) is 36.5 Å². The van der Waals surface area contributed by atoms with E-state index < -0.39 is 0 Å². The van der Waals surface area contributed by atoms with Crippen molar-refractivity contribution in [2.24, 2.45) is 0 Å². The minimum atomic E-state index is 0.827. The van der Waals surface area contributed by atoms with Gasteiger partial charge in [-0.2, -0.15) is 0 Å². The summed E-state index contributed by atoms with van der Waals surface area (Å²) in [5, 5.41) is 3.51. The molecule has 1 aliphatic carbocycles. The van der Waals surface area contributed by atoms with E-state index in [1.807, 2.05) is 6.07 Å². The van der Waals surface area contributed by atoms with Crippen molar-refractivity contribution in [2.45, 2.75) is 45.6 Å². The maximum absolute atomic E-state index is 4.70. The van der Waals surface area contributed by atoms with Crippen molar-refractivity contribution in [1.29, 1.82) is 0 Å². The third-order valence-electron chi connectivity index (χ3n) is 3.85. The van der Waals surface area contributed by atoms with E-state index in [0.717, 1.165) is 37.4 Å². The molecule has 0 radical (unpaired) electrons. The monoisotopic (exact) mass is 267 g/mol. The lowest BCUT2D eigenvalue weighted by molar-refractivity contribution is 0.656. The zero-order chi connectivity index (χ0) is 13.8. The second kappa shape index (κ2) is 6.04. The molecular weight excluding hydrogens is 246 g/mol. The molecule has 104 valence electrons. The number of rotatable bonds is 4. The number of hydrogen-bond acceptors (Lipinski definition) is 3. The van der Waals surface area contributed by atoms with Gasteiger partial charge in [0, 0.05) is 24.2 Å². The van der Waals surface area contributed by atoms with E-state index in [1.165, 1.54) is 29.7 Å².